The molecule has 2 aromatic rings. The molecule has 1 aliphatic heterocycles. The van der Waals surface area contributed by atoms with Crippen LogP contribution in [0, 0.1) is 13.8 Å². The van der Waals surface area contributed by atoms with Gasteiger partial charge in [-0.05, 0) is 88.6 Å². The van der Waals surface area contributed by atoms with Gasteiger partial charge in [0, 0.05) is 4.47 Å². The fourth-order valence-electron chi connectivity index (χ4n) is 2.89. The van der Waals surface area contributed by atoms with Gasteiger partial charge in [-0.15, -0.1) is 0 Å². The predicted molar refractivity (Wildman–Crippen MR) is 133 cm³/mol. The molecule has 0 atom stereocenters. The lowest BCUT2D eigenvalue weighted by Crippen LogP contribution is -2.19. The summed E-state index contributed by atoms with van der Waals surface area (Å²) in [5.41, 5.74) is 3.62. The first kappa shape index (κ1) is 24.3. The highest BCUT2D eigenvalue weighted by Gasteiger charge is 2.24. The van der Waals surface area contributed by atoms with Crippen molar-refractivity contribution in [2.75, 3.05) is 20.8 Å². The Bertz CT molecular complexity index is 1120. The lowest BCUT2D eigenvalue weighted by molar-refractivity contribution is -0.142. The van der Waals surface area contributed by atoms with Crippen molar-refractivity contribution in [2.45, 2.75) is 13.8 Å². The monoisotopic (exact) mass is 582 g/mol. The normalized spacial score (nSPS) is 15.8. The Hall–Kier alpha value is -2.30. The number of nitrogens with zero attached hydrogens (tertiary/aromatic N) is 1. The number of ether oxygens (including phenoxy) is 3. The minimum Gasteiger partial charge on any atom is -0.493 e. The molecule has 10 heteroatoms. The SMILES string of the molecule is COC(=O)COc1c(Br)cc(/C=C2\SC(=Nc3cc(C)c(Br)c(C)c3)NC2=O)cc1OC. The molecule has 0 radical (unpaired) electrons. The summed E-state index contributed by atoms with van der Waals surface area (Å²) in [5.74, 6) is 0.0348. The van der Waals surface area contributed by atoms with Crippen LogP contribution in [0.25, 0.3) is 6.08 Å². The lowest BCUT2D eigenvalue weighted by Gasteiger charge is -2.13. The first-order valence-corrected chi connectivity index (χ1v) is 11.8. The molecule has 0 bridgehead atoms. The van der Waals surface area contributed by atoms with E-state index in [4.69, 9.17) is 9.47 Å². The quantitative estimate of drug-likeness (QED) is 0.368. The van der Waals surface area contributed by atoms with Crippen LogP contribution in [0.3, 0.4) is 0 Å². The molecule has 1 fully saturated rings. The van der Waals surface area contributed by atoms with Gasteiger partial charge in [-0.25, -0.2) is 9.79 Å². The van der Waals surface area contributed by atoms with Crippen LogP contribution in [-0.4, -0.2) is 37.9 Å². The summed E-state index contributed by atoms with van der Waals surface area (Å²) in [6, 6.07) is 7.39. The molecule has 1 heterocycles. The predicted octanol–water partition coefficient (Wildman–Crippen LogP) is 5.28. The van der Waals surface area contributed by atoms with Crippen LogP contribution in [-0.2, 0) is 14.3 Å². The van der Waals surface area contributed by atoms with E-state index in [2.05, 4.69) is 46.9 Å². The number of rotatable bonds is 6. The summed E-state index contributed by atoms with van der Waals surface area (Å²) < 4.78 is 17.1. The van der Waals surface area contributed by atoms with E-state index >= 15 is 0 Å². The van der Waals surface area contributed by atoms with Gasteiger partial charge >= 0.3 is 5.97 Å². The zero-order valence-electron chi connectivity index (χ0n) is 17.7. The van der Waals surface area contributed by atoms with Gasteiger partial charge in [-0.1, -0.05) is 15.9 Å². The number of halogens is 2. The van der Waals surface area contributed by atoms with Crippen molar-refractivity contribution in [3.63, 3.8) is 0 Å². The first-order valence-electron chi connectivity index (χ1n) is 9.35. The fourth-order valence-corrected chi connectivity index (χ4v) is 4.53. The fraction of sp³-hybridized carbons (Fsp3) is 0.227. The van der Waals surface area contributed by atoms with Crippen LogP contribution in [0.1, 0.15) is 16.7 Å². The maximum absolute atomic E-state index is 12.5. The second-order valence-electron chi connectivity index (χ2n) is 6.77. The smallest absolute Gasteiger partial charge is 0.343 e. The first-order chi connectivity index (χ1) is 15.2. The van der Waals surface area contributed by atoms with Crippen LogP contribution in [0.4, 0.5) is 5.69 Å². The van der Waals surface area contributed by atoms with Gasteiger partial charge < -0.3 is 19.5 Å². The van der Waals surface area contributed by atoms with Gasteiger partial charge in [0.05, 0.1) is 29.3 Å². The van der Waals surface area contributed by atoms with E-state index in [1.165, 1.54) is 26.0 Å². The number of methoxy groups -OCH3 is 2. The Balaban J connectivity index is 1.84. The number of carbonyl (C=O) groups is 2. The minimum atomic E-state index is -0.507. The largest absolute Gasteiger partial charge is 0.493 e. The third-order valence-electron chi connectivity index (χ3n) is 4.41. The Morgan fingerprint density at radius 1 is 1.16 bits per heavy atom. The minimum absolute atomic E-state index is 0.236. The van der Waals surface area contributed by atoms with E-state index < -0.39 is 5.97 Å². The molecule has 1 aliphatic rings. The number of amidine groups is 1. The third kappa shape index (κ3) is 5.73. The highest BCUT2D eigenvalue weighted by atomic mass is 79.9. The number of hydrogen-bond acceptors (Lipinski definition) is 7. The van der Waals surface area contributed by atoms with Gasteiger partial charge in [0.2, 0.25) is 0 Å². The summed E-state index contributed by atoms with van der Waals surface area (Å²) in [6.07, 6.45) is 1.73. The highest BCUT2D eigenvalue weighted by molar-refractivity contribution is 9.10. The van der Waals surface area contributed by atoms with Gasteiger partial charge in [0.15, 0.2) is 23.3 Å². The Kier molecular flexibility index (Phi) is 8.02. The van der Waals surface area contributed by atoms with Gasteiger partial charge in [0.25, 0.3) is 5.91 Å². The van der Waals surface area contributed by atoms with E-state index in [0.717, 1.165) is 21.3 Å². The zero-order valence-corrected chi connectivity index (χ0v) is 21.7. The van der Waals surface area contributed by atoms with Crippen LogP contribution >= 0.6 is 43.6 Å². The van der Waals surface area contributed by atoms with Crippen LogP contribution in [0.15, 0.2) is 43.1 Å². The van der Waals surface area contributed by atoms with Gasteiger partial charge in [-0.3, -0.25) is 4.79 Å². The number of nitrogens with one attached hydrogen (secondary N) is 1. The Labute approximate surface area is 206 Å². The maximum atomic E-state index is 12.5. The number of aryl methyl sites for hydroxylation is 2. The molecule has 0 spiro atoms. The molecule has 0 aliphatic carbocycles. The van der Waals surface area contributed by atoms with Crippen LogP contribution < -0.4 is 14.8 Å². The summed E-state index contributed by atoms with van der Waals surface area (Å²) in [4.78, 5) is 28.9. The molecular weight excluding hydrogens is 564 g/mol. The second-order valence-corrected chi connectivity index (χ2v) is 9.45. The summed E-state index contributed by atoms with van der Waals surface area (Å²) in [7, 11) is 2.78. The highest BCUT2D eigenvalue weighted by Crippen LogP contribution is 2.38. The molecule has 3 rings (SSSR count). The van der Waals surface area contributed by atoms with Crippen LogP contribution in [0.5, 0.6) is 11.5 Å². The molecule has 7 nitrogen and oxygen atoms in total. The maximum Gasteiger partial charge on any atom is 0.343 e. The summed E-state index contributed by atoms with van der Waals surface area (Å²) in [6.45, 7) is 3.74. The van der Waals surface area contributed by atoms with Crippen molar-refractivity contribution in [2.24, 2.45) is 4.99 Å². The van der Waals surface area contributed by atoms with E-state index in [0.29, 0.717) is 31.6 Å². The van der Waals surface area contributed by atoms with E-state index in [1.54, 1.807) is 18.2 Å². The number of amides is 1. The van der Waals surface area contributed by atoms with E-state index in [9.17, 15) is 9.59 Å². The van der Waals surface area contributed by atoms with E-state index in [1.807, 2.05) is 26.0 Å². The van der Waals surface area contributed by atoms with Gasteiger partial charge in [-0.2, -0.15) is 0 Å². The van der Waals surface area contributed by atoms with Crippen LogP contribution in [0.2, 0.25) is 0 Å². The standard InChI is InChI=1S/C22H20Br2N2O5S/c1-11-5-14(6-12(2)19(11)24)25-22-26-21(28)17(32-22)9-13-7-15(23)20(16(8-13)29-3)31-10-18(27)30-4/h5-9H,10H2,1-4H3,(H,25,26,28)/b17-9-. The Morgan fingerprint density at radius 3 is 2.47 bits per heavy atom. The summed E-state index contributed by atoms with van der Waals surface area (Å²) >= 11 is 8.23. The van der Waals surface area contributed by atoms with Crippen molar-refractivity contribution >= 4 is 72.4 Å². The number of carbonyl (C=O) groups excluding carboxylic acids is 2. The second kappa shape index (κ2) is 10.5. The third-order valence-corrected chi connectivity index (χ3v) is 7.16. The van der Waals surface area contributed by atoms with Gasteiger partial charge in [0.1, 0.15) is 0 Å². The molecule has 1 N–H and O–H groups in total. The number of esters is 1. The number of aliphatic imine (C=N–C) groups is 1. The van der Waals surface area contributed by atoms with Crippen molar-refractivity contribution in [1.29, 1.82) is 0 Å². The average molecular weight is 584 g/mol. The number of hydrogen-bond donors (Lipinski definition) is 1. The average Bonchev–Trinajstić information content (AvgIpc) is 3.08. The lowest BCUT2D eigenvalue weighted by atomic mass is 10.1. The topological polar surface area (TPSA) is 86.2 Å². The molecule has 32 heavy (non-hydrogen) atoms. The van der Waals surface area contributed by atoms with Crippen molar-refractivity contribution in [3.8, 4) is 11.5 Å². The molecule has 1 amide bonds. The summed E-state index contributed by atoms with van der Waals surface area (Å²) in [5, 5.41) is 3.30. The zero-order chi connectivity index (χ0) is 23.4. The van der Waals surface area contributed by atoms with E-state index in [-0.39, 0.29) is 12.5 Å². The number of thioether (sulfide) groups is 1. The van der Waals surface area contributed by atoms with Crippen molar-refractivity contribution in [3.05, 3.63) is 54.8 Å². The van der Waals surface area contributed by atoms with Crippen molar-refractivity contribution in [1.82, 2.24) is 5.32 Å². The molecule has 0 unspecified atom stereocenters. The molecule has 0 saturated carbocycles. The molecular formula is C22H20Br2N2O5S. The number of benzene rings is 2. The van der Waals surface area contributed by atoms with Crippen molar-refractivity contribution < 1.29 is 23.8 Å². The molecule has 2 aromatic carbocycles. The Morgan fingerprint density at radius 2 is 1.84 bits per heavy atom. The molecule has 1 saturated heterocycles. The molecule has 168 valence electrons. The molecule has 0 aromatic heterocycles.